The number of aromatic nitrogens is 5. The molecule has 198 valence electrons. The number of nitrogens with one attached hydrogen (secondary N) is 3. The largest absolute Gasteiger partial charge is 0.435 e. The molecular formula is C23H21ClF3N9O2. The Labute approximate surface area is 218 Å². The number of benzene rings is 1. The van der Waals surface area contributed by atoms with E-state index in [2.05, 4.69) is 30.8 Å². The van der Waals surface area contributed by atoms with Crippen molar-refractivity contribution in [2.45, 2.75) is 18.6 Å². The van der Waals surface area contributed by atoms with Gasteiger partial charge in [-0.15, -0.1) is 0 Å². The number of hydrogen-bond acceptors (Lipinski definition) is 7. The number of halogens is 4. The topological polar surface area (TPSA) is 146 Å². The zero-order valence-electron chi connectivity index (χ0n) is 19.6. The lowest BCUT2D eigenvalue weighted by atomic mass is 10.2. The first-order valence-corrected chi connectivity index (χ1v) is 11.8. The minimum absolute atomic E-state index is 0.0546. The summed E-state index contributed by atoms with van der Waals surface area (Å²) in [6.07, 6.45) is 1.40. The molecule has 0 spiro atoms. The predicted molar refractivity (Wildman–Crippen MR) is 132 cm³/mol. The Morgan fingerprint density at radius 1 is 1.26 bits per heavy atom. The van der Waals surface area contributed by atoms with Crippen LogP contribution >= 0.6 is 11.6 Å². The molecule has 4 aromatic rings. The van der Waals surface area contributed by atoms with Gasteiger partial charge >= 0.3 is 6.18 Å². The average molecular weight is 548 g/mol. The van der Waals surface area contributed by atoms with Crippen molar-refractivity contribution in [3.63, 3.8) is 0 Å². The van der Waals surface area contributed by atoms with Crippen LogP contribution < -0.4 is 16.4 Å². The summed E-state index contributed by atoms with van der Waals surface area (Å²) in [6, 6.07) is 4.50. The van der Waals surface area contributed by atoms with Crippen LogP contribution in [0.25, 0.3) is 16.9 Å². The number of fused-ring (bicyclic) bond motifs is 1. The number of likely N-dealkylation sites (tertiary alicyclic amines) is 1. The van der Waals surface area contributed by atoms with Gasteiger partial charge in [-0.2, -0.15) is 18.3 Å². The summed E-state index contributed by atoms with van der Waals surface area (Å²) in [7, 11) is 0. The maximum absolute atomic E-state index is 13.3. The Morgan fingerprint density at radius 2 is 2.08 bits per heavy atom. The molecule has 0 aliphatic carbocycles. The number of aromatic amines is 1. The van der Waals surface area contributed by atoms with Gasteiger partial charge in [-0.05, 0) is 24.6 Å². The van der Waals surface area contributed by atoms with E-state index in [0.29, 0.717) is 18.8 Å². The normalized spacial score (nSPS) is 15.7. The molecule has 1 fully saturated rings. The van der Waals surface area contributed by atoms with Gasteiger partial charge in [0.1, 0.15) is 0 Å². The van der Waals surface area contributed by atoms with Gasteiger partial charge in [-0.1, -0.05) is 11.6 Å². The number of carbonyl (C=O) groups is 2. The molecule has 1 saturated heterocycles. The number of hydrogen-bond donors (Lipinski definition) is 4. The van der Waals surface area contributed by atoms with Crippen molar-refractivity contribution in [2.75, 3.05) is 25.0 Å². The number of rotatable bonds is 6. The molecule has 0 unspecified atom stereocenters. The third-order valence-electron chi connectivity index (χ3n) is 6.07. The lowest BCUT2D eigenvalue weighted by molar-refractivity contribution is -0.140. The molecule has 1 atom stereocenters. The quantitative estimate of drug-likeness (QED) is 0.290. The van der Waals surface area contributed by atoms with Crippen LogP contribution in [0.4, 0.5) is 24.7 Å². The summed E-state index contributed by atoms with van der Waals surface area (Å²) < 4.78 is 41.5. The molecule has 4 heterocycles. The summed E-state index contributed by atoms with van der Waals surface area (Å²) >= 11 is 6.33. The van der Waals surface area contributed by atoms with Crippen LogP contribution in [0, 0.1) is 0 Å². The average Bonchev–Trinajstić information content (AvgIpc) is 3.61. The van der Waals surface area contributed by atoms with Crippen molar-refractivity contribution >= 4 is 40.6 Å². The van der Waals surface area contributed by atoms with E-state index in [0.717, 1.165) is 12.6 Å². The van der Waals surface area contributed by atoms with E-state index in [1.54, 1.807) is 11.0 Å². The lowest BCUT2D eigenvalue weighted by Crippen LogP contribution is -2.40. The summed E-state index contributed by atoms with van der Waals surface area (Å²) in [5.74, 6) is -0.493. The number of anilines is 2. The van der Waals surface area contributed by atoms with Gasteiger partial charge < -0.3 is 21.3 Å². The molecule has 0 saturated carbocycles. The standard InChI is InChI=1S/C23H21ClF3N9O2/c24-16-7-13(1-2-14(16)22(38)31-10-18(37)35-5-3-12(28)11-35)33-20-21-30-9-17(36(21)6-4-29-20)15-8-32-34-19(15)23(25,26)27/h1-2,4,6-9,12H,3,5,10-11,28H2,(H,29,33)(H,31,38)(H,32,34)/t12-/m1/s1. The number of amides is 2. The first kappa shape index (κ1) is 25.5. The third kappa shape index (κ3) is 4.99. The molecule has 3 aromatic heterocycles. The third-order valence-corrected chi connectivity index (χ3v) is 6.38. The van der Waals surface area contributed by atoms with Gasteiger partial charge in [0.05, 0.1) is 34.6 Å². The van der Waals surface area contributed by atoms with Crippen molar-refractivity contribution in [1.29, 1.82) is 0 Å². The highest BCUT2D eigenvalue weighted by Gasteiger charge is 2.37. The van der Waals surface area contributed by atoms with Crippen LogP contribution in [-0.4, -0.2) is 67.0 Å². The molecule has 15 heteroatoms. The van der Waals surface area contributed by atoms with Gasteiger partial charge in [0.2, 0.25) is 5.91 Å². The second-order valence-electron chi connectivity index (χ2n) is 8.65. The zero-order valence-corrected chi connectivity index (χ0v) is 20.3. The fourth-order valence-corrected chi connectivity index (χ4v) is 4.46. The van der Waals surface area contributed by atoms with Crippen LogP contribution in [0.3, 0.4) is 0 Å². The van der Waals surface area contributed by atoms with Crippen molar-refractivity contribution in [2.24, 2.45) is 5.73 Å². The number of alkyl halides is 3. The molecule has 1 aliphatic heterocycles. The second kappa shape index (κ2) is 9.95. The number of H-pyrrole nitrogens is 1. The highest BCUT2D eigenvalue weighted by atomic mass is 35.5. The monoisotopic (exact) mass is 547 g/mol. The number of imidazole rings is 1. The summed E-state index contributed by atoms with van der Waals surface area (Å²) in [5.41, 5.74) is 5.64. The highest BCUT2D eigenvalue weighted by molar-refractivity contribution is 6.34. The van der Waals surface area contributed by atoms with Gasteiger partial charge in [-0.3, -0.25) is 19.1 Å². The molecule has 2 amide bonds. The van der Waals surface area contributed by atoms with E-state index in [9.17, 15) is 22.8 Å². The Hall–Kier alpha value is -4.17. The zero-order chi connectivity index (χ0) is 27.0. The Morgan fingerprint density at radius 3 is 2.79 bits per heavy atom. The van der Waals surface area contributed by atoms with Gasteiger partial charge in [0.15, 0.2) is 17.2 Å². The Kier molecular flexibility index (Phi) is 6.67. The Bertz CT molecular complexity index is 1520. The van der Waals surface area contributed by atoms with E-state index >= 15 is 0 Å². The number of nitrogens with zero attached hydrogens (tertiary/aromatic N) is 5. The van der Waals surface area contributed by atoms with E-state index in [-0.39, 0.29) is 51.8 Å². The molecule has 5 rings (SSSR count). The SMILES string of the molecule is N[C@@H]1CCN(C(=O)CNC(=O)c2ccc(Nc3nccn4c(-c5c[nH]nc5C(F)(F)F)cnc34)cc2Cl)C1. The van der Waals surface area contributed by atoms with Crippen LogP contribution in [0.2, 0.25) is 5.02 Å². The maximum atomic E-state index is 13.3. The molecule has 0 bridgehead atoms. The van der Waals surface area contributed by atoms with Gasteiger partial charge in [0, 0.05) is 43.4 Å². The van der Waals surface area contributed by atoms with E-state index in [1.165, 1.54) is 35.1 Å². The number of carbonyl (C=O) groups excluding carboxylic acids is 2. The van der Waals surface area contributed by atoms with Crippen LogP contribution in [0.5, 0.6) is 0 Å². The first-order valence-electron chi connectivity index (χ1n) is 11.4. The van der Waals surface area contributed by atoms with Crippen LogP contribution in [0.1, 0.15) is 22.5 Å². The molecule has 11 nitrogen and oxygen atoms in total. The van der Waals surface area contributed by atoms with Crippen LogP contribution in [-0.2, 0) is 11.0 Å². The maximum Gasteiger partial charge on any atom is 0.435 e. The van der Waals surface area contributed by atoms with E-state index in [1.807, 2.05) is 0 Å². The molecule has 0 radical (unpaired) electrons. The minimum Gasteiger partial charge on any atom is -0.343 e. The number of nitrogens with two attached hydrogens (primary N) is 1. The fourth-order valence-electron chi connectivity index (χ4n) is 4.20. The lowest BCUT2D eigenvalue weighted by Gasteiger charge is -2.16. The molecule has 5 N–H and O–H groups in total. The minimum atomic E-state index is -4.65. The summed E-state index contributed by atoms with van der Waals surface area (Å²) in [5, 5.41) is 11.3. The summed E-state index contributed by atoms with van der Waals surface area (Å²) in [4.78, 5) is 34.9. The smallest absolute Gasteiger partial charge is 0.343 e. The molecular weight excluding hydrogens is 527 g/mol. The molecule has 38 heavy (non-hydrogen) atoms. The first-order chi connectivity index (χ1) is 18.1. The molecule has 1 aliphatic rings. The van der Waals surface area contributed by atoms with Crippen molar-refractivity contribution < 1.29 is 22.8 Å². The van der Waals surface area contributed by atoms with Gasteiger partial charge in [-0.25, -0.2) is 9.97 Å². The Balaban J connectivity index is 1.32. The van der Waals surface area contributed by atoms with Crippen molar-refractivity contribution in [3.8, 4) is 11.3 Å². The van der Waals surface area contributed by atoms with Gasteiger partial charge in [0.25, 0.3) is 5.91 Å². The molecule has 1 aromatic carbocycles. The van der Waals surface area contributed by atoms with Crippen LogP contribution in [0.15, 0.2) is 43.0 Å². The highest BCUT2D eigenvalue weighted by Crippen LogP contribution is 2.36. The predicted octanol–water partition coefficient (Wildman–Crippen LogP) is 2.82. The van der Waals surface area contributed by atoms with Crippen molar-refractivity contribution in [3.05, 3.63) is 59.3 Å². The summed E-state index contributed by atoms with van der Waals surface area (Å²) in [6.45, 7) is 0.838. The van der Waals surface area contributed by atoms with E-state index in [4.69, 9.17) is 17.3 Å². The second-order valence-corrected chi connectivity index (χ2v) is 9.06. The fraction of sp³-hybridized carbons (Fsp3) is 0.261. The van der Waals surface area contributed by atoms with E-state index < -0.39 is 17.8 Å². The van der Waals surface area contributed by atoms with Crippen molar-refractivity contribution in [1.82, 2.24) is 34.8 Å².